The van der Waals surface area contributed by atoms with E-state index >= 15 is 0 Å². The molecule has 0 aliphatic rings. The number of carbonyl (C=O) groups excluding carboxylic acids is 1. The zero-order chi connectivity index (χ0) is 15.5. The van der Waals surface area contributed by atoms with Gasteiger partial charge in [0.1, 0.15) is 5.69 Å². The Labute approximate surface area is 136 Å². The lowest BCUT2D eigenvalue weighted by Crippen LogP contribution is -2.26. The summed E-state index contributed by atoms with van der Waals surface area (Å²) in [5, 5.41) is 3.90. The predicted octanol–water partition coefficient (Wildman–Crippen LogP) is 3.01. The smallest absolute Gasteiger partial charge is 0.269 e. The third-order valence-corrected chi connectivity index (χ3v) is 3.97. The number of amides is 1. The van der Waals surface area contributed by atoms with Crippen LogP contribution in [0.5, 0.6) is 0 Å². The Bertz CT molecular complexity index is 831. The van der Waals surface area contributed by atoms with E-state index in [1.165, 1.54) is 6.20 Å². The van der Waals surface area contributed by atoms with Crippen molar-refractivity contribution in [2.24, 2.45) is 0 Å². The van der Waals surface area contributed by atoms with Crippen LogP contribution in [0.3, 0.4) is 0 Å². The lowest BCUT2D eigenvalue weighted by atomic mass is 10.1. The third-order valence-electron chi connectivity index (χ3n) is 3.23. The van der Waals surface area contributed by atoms with Gasteiger partial charge in [0.05, 0.1) is 22.4 Å². The van der Waals surface area contributed by atoms with Crippen LogP contribution in [0.4, 0.5) is 0 Å². The first-order valence-corrected chi connectivity index (χ1v) is 7.40. The number of carbonyl (C=O) groups is 1. The van der Waals surface area contributed by atoms with Crippen molar-refractivity contribution >= 4 is 34.8 Å². The Kier molecular flexibility index (Phi) is 4.27. The van der Waals surface area contributed by atoms with E-state index in [9.17, 15) is 4.79 Å². The molecule has 2 heterocycles. The first-order valence-electron chi connectivity index (χ1n) is 6.64. The highest BCUT2D eigenvalue weighted by molar-refractivity contribution is 6.42. The summed E-state index contributed by atoms with van der Waals surface area (Å²) in [4.78, 5) is 20.3. The standard InChI is InChI=1S/C15H12Cl2N4O/c16-11-2-1-10(7-12(11)17)3-4-19-15(22)13-8-20-14-9-18-5-6-21(13)14/h1-2,5-9H,3-4H2,(H,19,22). The van der Waals surface area contributed by atoms with E-state index in [1.54, 1.807) is 35.1 Å². The van der Waals surface area contributed by atoms with Gasteiger partial charge in [-0.05, 0) is 24.1 Å². The normalized spacial score (nSPS) is 10.8. The number of nitrogens with zero attached hydrogens (tertiary/aromatic N) is 3. The lowest BCUT2D eigenvalue weighted by molar-refractivity contribution is 0.0948. The maximum absolute atomic E-state index is 12.2. The van der Waals surface area contributed by atoms with Crippen LogP contribution in [-0.2, 0) is 6.42 Å². The van der Waals surface area contributed by atoms with Crippen LogP contribution in [0.1, 0.15) is 16.1 Å². The van der Waals surface area contributed by atoms with Crippen molar-refractivity contribution in [3.63, 3.8) is 0 Å². The first-order chi connectivity index (χ1) is 10.6. The fourth-order valence-electron chi connectivity index (χ4n) is 2.12. The maximum atomic E-state index is 12.2. The molecular weight excluding hydrogens is 323 g/mol. The average molecular weight is 335 g/mol. The van der Waals surface area contributed by atoms with Crippen molar-refractivity contribution < 1.29 is 4.79 Å². The first kappa shape index (κ1) is 14.8. The molecule has 7 heteroatoms. The van der Waals surface area contributed by atoms with E-state index < -0.39 is 0 Å². The highest BCUT2D eigenvalue weighted by Gasteiger charge is 2.11. The third kappa shape index (κ3) is 3.05. The number of halogens is 2. The molecule has 0 bridgehead atoms. The zero-order valence-corrected chi connectivity index (χ0v) is 13.0. The minimum Gasteiger partial charge on any atom is -0.350 e. The van der Waals surface area contributed by atoms with E-state index in [1.807, 2.05) is 6.07 Å². The summed E-state index contributed by atoms with van der Waals surface area (Å²) in [5.74, 6) is -0.182. The Morgan fingerprint density at radius 3 is 2.91 bits per heavy atom. The molecule has 0 saturated carbocycles. The van der Waals surface area contributed by atoms with Crippen molar-refractivity contribution in [3.8, 4) is 0 Å². The monoisotopic (exact) mass is 334 g/mol. The summed E-state index contributed by atoms with van der Waals surface area (Å²) < 4.78 is 1.70. The molecule has 2 aromatic heterocycles. The van der Waals surface area contributed by atoms with E-state index in [4.69, 9.17) is 23.2 Å². The van der Waals surface area contributed by atoms with Gasteiger partial charge in [0, 0.05) is 18.9 Å². The molecule has 3 rings (SSSR count). The molecule has 1 N–H and O–H groups in total. The topological polar surface area (TPSA) is 59.3 Å². The molecule has 0 radical (unpaired) electrons. The molecule has 112 valence electrons. The SMILES string of the molecule is O=C(NCCc1ccc(Cl)c(Cl)c1)c1cnc2cnccn12. The van der Waals surface area contributed by atoms with Gasteiger partial charge in [-0.1, -0.05) is 29.3 Å². The Balaban J connectivity index is 1.64. The van der Waals surface area contributed by atoms with Crippen molar-refractivity contribution in [1.29, 1.82) is 0 Å². The van der Waals surface area contributed by atoms with Crippen LogP contribution in [0.25, 0.3) is 5.65 Å². The van der Waals surface area contributed by atoms with E-state index in [-0.39, 0.29) is 5.91 Å². The molecule has 0 saturated heterocycles. The molecule has 0 aliphatic heterocycles. The molecule has 1 amide bonds. The van der Waals surface area contributed by atoms with Crippen LogP contribution < -0.4 is 5.32 Å². The molecule has 0 fully saturated rings. The number of nitrogens with one attached hydrogen (secondary N) is 1. The number of aromatic nitrogens is 3. The molecular formula is C15H12Cl2N4O. The summed E-state index contributed by atoms with van der Waals surface area (Å²) in [6.45, 7) is 0.495. The lowest BCUT2D eigenvalue weighted by Gasteiger charge is -2.06. The minimum atomic E-state index is -0.182. The van der Waals surface area contributed by atoms with Crippen molar-refractivity contribution in [1.82, 2.24) is 19.7 Å². The highest BCUT2D eigenvalue weighted by atomic mass is 35.5. The van der Waals surface area contributed by atoms with Gasteiger partial charge in [-0.25, -0.2) is 4.98 Å². The minimum absolute atomic E-state index is 0.182. The van der Waals surface area contributed by atoms with Crippen molar-refractivity contribution in [2.75, 3.05) is 6.54 Å². The van der Waals surface area contributed by atoms with Crippen LogP contribution >= 0.6 is 23.2 Å². The Morgan fingerprint density at radius 2 is 2.09 bits per heavy atom. The summed E-state index contributed by atoms with van der Waals surface area (Å²) in [6, 6.07) is 5.44. The second-order valence-electron chi connectivity index (χ2n) is 4.70. The van der Waals surface area contributed by atoms with Gasteiger partial charge in [-0.3, -0.25) is 14.2 Å². The van der Waals surface area contributed by atoms with Gasteiger partial charge >= 0.3 is 0 Å². The average Bonchev–Trinajstić information content (AvgIpc) is 2.95. The largest absolute Gasteiger partial charge is 0.350 e. The second-order valence-corrected chi connectivity index (χ2v) is 5.52. The van der Waals surface area contributed by atoms with Gasteiger partial charge < -0.3 is 5.32 Å². The molecule has 0 unspecified atom stereocenters. The van der Waals surface area contributed by atoms with Crippen molar-refractivity contribution in [2.45, 2.75) is 6.42 Å². The second kappa shape index (κ2) is 6.34. The Morgan fingerprint density at radius 1 is 1.23 bits per heavy atom. The fraction of sp³-hybridized carbons (Fsp3) is 0.133. The van der Waals surface area contributed by atoms with E-state index in [2.05, 4.69) is 15.3 Å². The molecule has 5 nitrogen and oxygen atoms in total. The van der Waals surface area contributed by atoms with Gasteiger partial charge in [0.2, 0.25) is 0 Å². The quantitative estimate of drug-likeness (QED) is 0.797. The number of rotatable bonds is 4. The zero-order valence-electron chi connectivity index (χ0n) is 11.5. The Hall–Kier alpha value is -2.11. The summed E-state index contributed by atoms with van der Waals surface area (Å²) in [7, 11) is 0. The van der Waals surface area contributed by atoms with E-state index in [0.717, 1.165) is 5.56 Å². The molecule has 22 heavy (non-hydrogen) atoms. The highest BCUT2D eigenvalue weighted by Crippen LogP contribution is 2.22. The number of hydrogen-bond acceptors (Lipinski definition) is 3. The molecule has 1 aromatic carbocycles. The predicted molar refractivity (Wildman–Crippen MR) is 85.5 cm³/mol. The van der Waals surface area contributed by atoms with E-state index in [0.29, 0.717) is 34.4 Å². The summed E-state index contributed by atoms with van der Waals surface area (Å²) >= 11 is 11.8. The summed E-state index contributed by atoms with van der Waals surface area (Å²) in [6.07, 6.45) is 7.12. The van der Waals surface area contributed by atoms with Crippen LogP contribution in [-0.4, -0.2) is 26.8 Å². The van der Waals surface area contributed by atoms with Crippen molar-refractivity contribution in [3.05, 3.63) is 64.3 Å². The summed E-state index contributed by atoms with van der Waals surface area (Å²) in [5.41, 5.74) is 2.13. The van der Waals surface area contributed by atoms with Crippen LogP contribution in [0.15, 0.2) is 43.0 Å². The van der Waals surface area contributed by atoms with Gasteiger partial charge in [-0.15, -0.1) is 0 Å². The molecule has 3 aromatic rings. The van der Waals surface area contributed by atoms with Gasteiger partial charge in [-0.2, -0.15) is 0 Å². The molecule has 0 spiro atoms. The fourth-order valence-corrected chi connectivity index (χ4v) is 2.44. The van der Waals surface area contributed by atoms with Crippen LogP contribution in [0, 0.1) is 0 Å². The molecule has 0 atom stereocenters. The maximum Gasteiger partial charge on any atom is 0.269 e. The number of benzene rings is 1. The van der Waals surface area contributed by atoms with Crippen LogP contribution in [0.2, 0.25) is 10.0 Å². The van der Waals surface area contributed by atoms with Gasteiger partial charge in [0.15, 0.2) is 5.65 Å². The van der Waals surface area contributed by atoms with Gasteiger partial charge in [0.25, 0.3) is 5.91 Å². The number of fused-ring (bicyclic) bond motifs is 1. The molecule has 0 aliphatic carbocycles. The number of hydrogen-bond donors (Lipinski definition) is 1. The number of imidazole rings is 1.